The number of carbonyl (C=O) groups is 2. The normalized spacial score (nSPS) is 19.9. The van der Waals surface area contributed by atoms with Gasteiger partial charge in [-0.05, 0) is 53.8 Å². The zero-order chi connectivity index (χ0) is 29.1. The minimum absolute atomic E-state index is 0.0654. The van der Waals surface area contributed by atoms with Crippen LogP contribution in [0.4, 0.5) is 10.6 Å². The van der Waals surface area contributed by atoms with E-state index in [2.05, 4.69) is 17.0 Å². The van der Waals surface area contributed by atoms with Gasteiger partial charge in [-0.15, -0.1) is 0 Å². The van der Waals surface area contributed by atoms with E-state index in [1.807, 2.05) is 42.1 Å². The number of likely N-dealkylation sites (N-methyl/N-ethyl adjacent to an activating group) is 1. The number of aromatic nitrogens is 2. The van der Waals surface area contributed by atoms with Crippen LogP contribution in [0.25, 0.3) is 0 Å². The predicted molar refractivity (Wildman–Crippen MR) is 152 cm³/mol. The Morgan fingerprint density at radius 2 is 1.82 bits per heavy atom. The minimum atomic E-state index is -1.50. The van der Waals surface area contributed by atoms with E-state index in [-0.39, 0.29) is 19.1 Å². The molecule has 1 atom stereocenters. The van der Waals surface area contributed by atoms with E-state index in [0.717, 1.165) is 30.8 Å². The Balaban J connectivity index is 1.63. The van der Waals surface area contributed by atoms with Gasteiger partial charge in [-0.3, -0.25) is 9.80 Å². The molecule has 1 amide bonds. The smallest absolute Gasteiger partial charge is 0.411 e. The summed E-state index contributed by atoms with van der Waals surface area (Å²) in [6, 6.07) is 10.6. The Labute approximate surface area is 236 Å². The number of ether oxygens (including phenoxy) is 2. The van der Waals surface area contributed by atoms with Crippen molar-refractivity contribution >= 4 is 17.9 Å². The number of carbonyl (C=O) groups excluding carboxylic acids is 1. The van der Waals surface area contributed by atoms with Crippen LogP contribution in [0.2, 0.25) is 0 Å². The summed E-state index contributed by atoms with van der Waals surface area (Å²) in [5, 5.41) is 10.3. The van der Waals surface area contributed by atoms with E-state index in [9.17, 15) is 14.7 Å². The molecule has 0 radical (unpaired) electrons. The third kappa shape index (κ3) is 7.00. The van der Waals surface area contributed by atoms with E-state index < -0.39 is 23.2 Å². The molecular weight excluding hydrogens is 512 g/mol. The van der Waals surface area contributed by atoms with Crippen LogP contribution in [0.5, 0.6) is 6.01 Å². The van der Waals surface area contributed by atoms with Gasteiger partial charge in [0.15, 0.2) is 5.54 Å². The Morgan fingerprint density at radius 3 is 2.48 bits per heavy atom. The summed E-state index contributed by atoms with van der Waals surface area (Å²) in [7, 11) is 3.95. The number of fused-ring (bicyclic) bond motifs is 1. The first-order valence-corrected chi connectivity index (χ1v) is 13.8. The van der Waals surface area contributed by atoms with Gasteiger partial charge in [-0.25, -0.2) is 9.59 Å². The molecule has 1 aromatic heterocycles. The number of rotatable bonds is 8. The summed E-state index contributed by atoms with van der Waals surface area (Å²) < 4.78 is 11.5. The number of nitrogens with zero attached hydrogens (tertiary/aromatic N) is 6. The summed E-state index contributed by atoms with van der Waals surface area (Å²) in [4.78, 5) is 42.8. The molecule has 0 spiro atoms. The van der Waals surface area contributed by atoms with Gasteiger partial charge in [0.05, 0.1) is 12.2 Å². The predicted octanol–water partition coefficient (Wildman–Crippen LogP) is 2.88. The monoisotopic (exact) mass is 554 g/mol. The minimum Gasteiger partial charge on any atom is -0.479 e. The second-order valence-corrected chi connectivity index (χ2v) is 12.0. The number of carboxylic acids is 1. The lowest BCUT2D eigenvalue weighted by molar-refractivity contribution is -0.150. The van der Waals surface area contributed by atoms with E-state index in [1.54, 1.807) is 27.7 Å². The number of hydrogen-bond acceptors (Lipinski definition) is 9. The largest absolute Gasteiger partial charge is 0.479 e. The van der Waals surface area contributed by atoms with Gasteiger partial charge < -0.3 is 24.4 Å². The molecular formula is C29H42N6O5. The summed E-state index contributed by atoms with van der Waals surface area (Å²) in [6.07, 6.45) is 0.0944. The zero-order valence-electron chi connectivity index (χ0n) is 24.5. The van der Waals surface area contributed by atoms with Crippen LogP contribution >= 0.6 is 0 Å². The highest BCUT2D eigenvalue weighted by Crippen LogP contribution is 2.33. The van der Waals surface area contributed by atoms with Crippen LogP contribution in [0.3, 0.4) is 0 Å². The van der Waals surface area contributed by atoms with Crippen LogP contribution in [0.1, 0.15) is 44.5 Å². The molecule has 1 fully saturated rings. The summed E-state index contributed by atoms with van der Waals surface area (Å²) >= 11 is 0. The van der Waals surface area contributed by atoms with Gasteiger partial charge >= 0.3 is 18.1 Å². The Morgan fingerprint density at radius 1 is 1.10 bits per heavy atom. The third-order valence-corrected chi connectivity index (χ3v) is 7.18. The molecule has 40 heavy (non-hydrogen) atoms. The molecule has 2 aliphatic rings. The first-order chi connectivity index (χ1) is 18.9. The van der Waals surface area contributed by atoms with Crippen LogP contribution < -0.4 is 9.64 Å². The molecule has 11 nitrogen and oxygen atoms in total. The summed E-state index contributed by atoms with van der Waals surface area (Å²) in [6.45, 7) is 10.9. The number of carboxylic acid groups (broad SMARTS) is 1. The highest BCUT2D eigenvalue weighted by molar-refractivity contribution is 5.85. The van der Waals surface area contributed by atoms with Crippen molar-refractivity contribution < 1.29 is 24.2 Å². The molecule has 0 bridgehead atoms. The molecule has 3 heterocycles. The molecule has 2 aliphatic heterocycles. The molecule has 0 saturated carbocycles. The van der Waals surface area contributed by atoms with Crippen molar-refractivity contribution in [2.24, 2.45) is 0 Å². The maximum absolute atomic E-state index is 13.0. The average molecular weight is 555 g/mol. The van der Waals surface area contributed by atoms with E-state index in [0.29, 0.717) is 32.1 Å². The Hall–Kier alpha value is -3.44. The Bertz CT molecular complexity index is 1200. The molecule has 2 aromatic rings. The lowest BCUT2D eigenvalue weighted by Gasteiger charge is -2.47. The lowest BCUT2D eigenvalue weighted by atomic mass is 9.95. The maximum atomic E-state index is 13.0. The van der Waals surface area contributed by atoms with Crippen molar-refractivity contribution in [2.45, 2.75) is 58.3 Å². The number of aliphatic carboxylic acids is 1. The molecule has 218 valence electrons. The van der Waals surface area contributed by atoms with Gasteiger partial charge in [0.1, 0.15) is 18.0 Å². The number of amides is 1. The van der Waals surface area contributed by atoms with E-state index in [1.165, 1.54) is 10.5 Å². The van der Waals surface area contributed by atoms with Crippen molar-refractivity contribution in [1.29, 1.82) is 0 Å². The van der Waals surface area contributed by atoms with Crippen molar-refractivity contribution in [1.82, 2.24) is 24.7 Å². The van der Waals surface area contributed by atoms with Gasteiger partial charge in [0.2, 0.25) is 0 Å². The second-order valence-electron chi connectivity index (χ2n) is 12.0. The SMILES string of the molecule is CN(C)CCOc1nc2c(c(N3CCN(C(=O)OC(C)(C)C)C(C)(C(=O)O)C3)n1)CCN(Cc1ccccc1)C2. The first kappa shape index (κ1) is 29.5. The van der Waals surface area contributed by atoms with Gasteiger partial charge in [0, 0.05) is 44.8 Å². The molecule has 1 N–H and O–H groups in total. The van der Waals surface area contributed by atoms with Crippen LogP contribution in [0.15, 0.2) is 30.3 Å². The molecule has 1 aromatic carbocycles. The van der Waals surface area contributed by atoms with Gasteiger partial charge in [-0.2, -0.15) is 9.97 Å². The lowest BCUT2D eigenvalue weighted by Crippen LogP contribution is -2.67. The molecule has 4 rings (SSSR count). The van der Waals surface area contributed by atoms with Crippen LogP contribution in [-0.4, -0.2) is 106 Å². The van der Waals surface area contributed by atoms with Crippen molar-refractivity contribution in [3.8, 4) is 6.01 Å². The van der Waals surface area contributed by atoms with Crippen LogP contribution in [0, 0.1) is 0 Å². The van der Waals surface area contributed by atoms with E-state index >= 15 is 0 Å². The molecule has 1 saturated heterocycles. The number of anilines is 1. The first-order valence-electron chi connectivity index (χ1n) is 13.8. The number of benzene rings is 1. The fraction of sp³-hybridized carbons (Fsp3) is 0.586. The fourth-order valence-corrected chi connectivity index (χ4v) is 5.04. The maximum Gasteiger partial charge on any atom is 0.411 e. The van der Waals surface area contributed by atoms with Gasteiger partial charge in [-0.1, -0.05) is 30.3 Å². The quantitative estimate of drug-likeness (QED) is 0.523. The molecule has 1 unspecified atom stereocenters. The van der Waals surface area contributed by atoms with Crippen molar-refractivity contribution in [3.05, 3.63) is 47.2 Å². The fourth-order valence-electron chi connectivity index (χ4n) is 5.04. The highest BCUT2D eigenvalue weighted by atomic mass is 16.6. The summed E-state index contributed by atoms with van der Waals surface area (Å²) in [5.74, 6) is -0.414. The van der Waals surface area contributed by atoms with Gasteiger partial charge in [0.25, 0.3) is 0 Å². The third-order valence-electron chi connectivity index (χ3n) is 7.18. The topological polar surface area (TPSA) is 112 Å². The van der Waals surface area contributed by atoms with Crippen LogP contribution in [-0.2, 0) is 29.0 Å². The average Bonchev–Trinajstić information content (AvgIpc) is 2.87. The number of piperazine rings is 1. The van der Waals surface area contributed by atoms with Crippen molar-refractivity contribution in [3.63, 3.8) is 0 Å². The molecule has 11 heteroatoms. The number of hydrogen-bond donors (Lipinski definition) is 1. The molecule has 0 aliphatic carbocycles. The second kappa shape index (κ2) is 12.0. The Kier molecular flexibility index (Phi) is 8.84. The highest BCUT2D eigenvalue weighted by Gasteiger charge is 2.49. The zero-order valence-corrected chi connectivity index (χ0v) is 24.5. The standard InChI is InChI=1S/C29H42N6O5/c1-28(2,3)40-27(38)35-15-14-34(20-29(35,4)25(36)37)24-22-12-13-33(18-21-10-8-7-9-11-21)19-23(22)30-26(31-24)39-17-16-32(5)6/h7-11H,12-20H2,1-6H3,(H,36,37). The van der Waals surface area contributed by atoms with E-state index in [4.69, 9.17) is 19.4 Å². The van der Waals surface area contributed by atoms with Crippen molar-refractivity contribution in [2.75, 3.05) is 58.3 Å². The summed E-state index contributed by atoms with van der Waals surface area (Å²) in [5.41, 5.74) is 0.891.